The van der Waals surface area contributed by atoms with Gasteiger partial charge >= 0.3 is 0 Å². The topological polar surface area (TPSA) is 26.0 Å². The Morgan fingerprint density at radius 3 is 2.20 bits per heavy atom. The molecular formula is C9H19N. The van der Waals surface area contributed by atoms with Crippen LogP contribution >= 0.6 is 0 Å². The van der Waals surface area contributed by atoms with E-state index >= 15 is 0 Å². The van der Waals surface area contributed by atoms with Crippen molar-refractivity contribution in [3.63, 3.8) is 0 Å². The summed E-state index contributed by atoms with van der Waals surface area (Å²) in [6.07, 6.45) is 5.66. The Kier molecular flexibility index (Phi) is 2.35. The molecule has 0 atom stereocenters. The zero-order valence-electron chi connectivity index (χ0n) is 7.19. The van der Waals surface area contributed by atoms with Crippen LogP contribution in [-0.4, -0.2) is 6.54 Å². The normalized spacial score (nSPS) is 21.9. The van der Waals surface area contributed by atoms with Crippen LogP contribution in [0.3, 0.4) is 0 Å². The number of hydrogen-bond donors (Lipinski definition) is 1. The lowest BCUT2D eigenvalue weighted by Gasteiger charge is -2.29. The second-order valence-electron chi connectivity index (χ2n) is 4.17. The summed E-state index contributed by atoms with van der Waals surface area (Å²) in [6, 6.07) is 0. The maximum absolute atomic E-state index is 5.69. The van der Waals surface area contributed by atoms with Gasteiger partial charge in [-0.05, 0) is 30.7 Å². The van der Waals surface area contributed by atoms with Gasteiger partial charge in [0.1, 0.15) is 0 Å². The van der Waals surface area contributed by atoms with E-state index < -0.39 is 0 Å². The molecular weight excluding hydrogens is 122 g/mol. The fourth-order valence-electron chi connectivity index (χ4n) is 1.87. The van der Waals surface area contributed by atoms with Crippen LogP contribution in [-0.2, 0) is 0 Å². The molecule has 1 aliphatic rings. The van der Waals surface area contributed by atoms with Crippen LogP contribution in [0.2, 0.25) is 0 Å². The van der Waals surface area contributed by atoms with Gasteiger partial charge in [0.05, 0.1) is 0 Å². The number of hydrogen-bond acceptors (Lipinski definition) is 1. The van der Waals surface area contributed by atoms with Gasteiger partial charge in [-0.3, -0.25) is 0 Å². The highest BCUT2D eigenvalue weighted by molar-refractivity contribution is 4.82. The molecule has 10 heavy (non-hydrogen) atoms. The fourth-order valence-corrected chi connectivity index (χ4v) is 1.87. The van der Waals surface area contributed by atoms with Gasteiger partial charge in [-0.1, -0.05) is 26.7 Å². The molecule has 1 saturated carbocycles. The first-order chi connectivity index (χ1) is 4.67. The van der Waals surface area contributed by atoms with E-state index in [1.54, 1.807) is 0 Å². The van der Waals surface area contributed by atoms with E-state index in [1.807, 2.05) is 0 Å². The van der Waals surface area contributed by atoms with Gasteiger partial charge in [0, 0.05) is 0 Å². The summed E-state index contributed by atoms with van der Waals surface area (Å²) in [7, 11) is 0. The molecule has 0 saturated heterocycles. The molecule has 0 amide bonds. The molecule has 0 aromatic rings. The summed E-state index contributed by atoms with van der Waals surface area (Å²) in [6.45, 7) is 5.43. The molecule has 0 heterocycles. The van der Waals surface area contributed by atoms with E-state index in [0.29, 0.717) is 5.41 Å². The summed E-state index contributed by atoms with van der Waals surface area (Å²) in [4.78, 5) is 0. The van der Waals surface area contributed by atoms with Gasteiger partial charge in [-0.15, -0.1) is 0 Å². The highest BCUT2D eigenvalue weighted by Gasteiger charge is 2.29. The minimum absolute atomic E-state index is 0.399. The summed E-state index contributed by atoms with van der Waals surface area (Å²) in [5, 5.41) is 0. The smallest absolute Gasteiger partial charge is 0.00232 e. The molecule has 0 radical (unpaired) electrons. The van der Waals surface area contributed by atoms with Crippen molar-refractivity contribution in [1.29, 1.82) is 0 Å². The van der Waals surface area contributed by atoms with Crippen LogP contribution in [0.25, 0.3) is 0 Å². The standard InChI is InChI=1S/C9H19N/c1-9(2,7-10)8-5-3-4-6-8/h8H,3-7,10H2,1-2H3. The molecule has 0 aromatic heterocycles. The Hall–Kier alpha value is -0.0400. The van der Waals surface area contributed by atoms with Gasteiger partial charge in [-0.2, -0.15) is 0 Å². The molecule has 2 N–H and O–H groups in total. The van der Waals surface area contributed by atoms with E-state index in [2.05, 4.69) is 13.8 Å². The van der Waals surface area contributed by atoms with Crippen LogP contribution in [0.1, 0.15) is 39.5 Å². The molecule has 0 spiro atoms. The van der Waals surface area contributed by atoms with E-state index in [0.717, 1.165) is 12.5 Å². The zero-order chi connectivity index (χ0) is 7.61. The van der Waals surface area contributed by atoms with Gasteiger partial charge in [-0.25, -0.2) is 0 Å². The van der Waals surface area contributed by atoms with Crippen LogP contribution in [0.5, 0.6) is 0 Å². The van der Waals surface area contributed by atoms with Crippen molar-refractivity contribution in [2.75, 3.05) is 6.54 Å². The average molecular weight is 141 g/mol. The van der Waals surface area contributed by atoms with E-state index in [-0.39, 0.29) is 0 Å². The van der Waals surface area contributed by atoms with Crippen molar-refractivity contribution in [2.45, 2.75) is 39.5 Å². The van der Waals surface area contributed by atoms with Crippen molar-refractivity contribution in [1.82, 2.24) is 0 Å². The summed E-state index contributed by atoms with van der Waals surface area (Å²) in [5.41, 5.74) is 6.09. The van der Waals surface area contributed by atoms with E-state index in [9.17, 15) is 0 Å². The Labute approximate surface area is 64.0 Å². The second kappa shape index (κ2) is 2.91. The first-order valence-corrected chi connectivity index (χ1v) is 4.37. The van der Waals surface area contributed by atoms with Crippen LogP contribution in [0, 0.1) is 11.3 Å². The highest BCUT2D eigenvalue weighted by Crippen LogP contribution is 2.38. The quantitative estimate of drug-likeness (QED) is 0.626. The highest BCUT2D eigenvalue weighted by atomic mass is 14.6. The second-order valence-corrected chi connectivity index (χ2v) is 4.17. The third kappa shape index (κ3) is 1.51. The average Bonchev–Trinajstić information content (AvgIpc) is 2.38. The van der Waals surface area contributed by atoms with Crippen LogP contribution in [0.15, 0.2) is 0 Å². The number of rotatable bonds is 2. The maximum Gasteiger partial charge on any atom is -0.00232 e. The lowest BCUT2D eigenvalue weighted by Crippen LogP contribution is -2.30. The van der Waals surface area contributed by atoms with Crippen molar-refractivity contribution >= 4 is 0 Å². The molecule has 1 fully saturated rings. The van der Waals surface area contributed by atoms with Crippen molar-refractivity contribution in [3.8, 4) is 0 Å². The molecule has 1 rings (SSSR count). The molecule has 60 valence electrons. The Morgan fingerprint density at radius 2 is 1.80 bits per heavy atom. The molecule has 0 unspecified atom stereocenters. The fraction of sp³-hybridized carbons (Fsp3) is 1.00. The van der Waals surface area contributed by atoms with Gasteiger partial charge in [0.15, 0.2) is 0 Å². The third-order valence-corrected chi connectivity index (χ3v) is 2.99. The SMILES string of the molecule is CC(C)(CN)C1CCCC1. The van der Waals surface area contributed by atoms with E-state index in [1.165, 1.54) is 25.7 Å². The predicted molar refractivity (Wildman–Crippen MR) is 44.8 cm³/mol. The molecule has 1 aliphatic carbocycles. The monoisotopic (exact) mass is 141 g/mol. The molecule has 0 aromatic carbocycles. The third-order valence-electron chi connectivity index (χ3n) is 2.99. The largest absolute Gasteiger partial charge is 0.330 e. The summed E-state index contributed by atoms with van der Waals surface area (Å²) < 4.78 is 0. The molecule has 1 heteroatoms. The first kappa shape index (κ1) is 8.06. The van der Waals surface area contributed by atoms with Crippen LogP contribution < -0.4 is 5.73 Å². The van der Waals surface area contributed by atoms with Crippen LogP contribution in [0.4, 0.5) is 0 Å². The minimum atomic E-state index is 0.399. The zero-order valence-corrected chi connectivity index (χ0v) is 7.19. The van der Waals surface area contributed by atoms with Crippen molar-refractivity contribution in [2.24, 2.45) is 17.1 Å². The van der Waals surface area contributed by atoms with E-state index in [4.69, 9.17) is 5.73 Å². The van der Waals surface area contributed by atoms with Gasteiger partial charge < -0.3 is 5.73 Å². The maximum atomic E-state index is 5.69. The summed E-state index contributed by atoms with van der Waals surface area (Å²) >= 11 is 0. The molecule has 1 nitrogen and oxygen atoms in total. The summed E-state index contributed by atoms with van der Waals surface area (Å²) in [5.74, 6) is 0.900. The minimum Gasteiger partial charge on any atom is -0.330 e. The molecule has 0 aliphatic heterocycles. The van der Waals surface area contributed by atoms with Crippen molar-refractivity contribution in [3.05, 3.63) is 0 Å². The van der Waals surface area contributed by atoms with Gasteiger partial charge in [0.2, 0.25) is 0 Å². The van der Waals surface area contributed by atoms with Gasteiger partial charge in [0.25, 0.3) is 0 Å². The molecule has 0 bridgehead atoms. The first-order valence-electron chi connectivity index (χ1n) is 4.37. The lowest BCUT2D eigenvalue weighted by atomic mass is 9.78. The Morgan fingerprint density at radius 1 is 1.30 bits per heavy atom. The Bertz CT molecular complexity index is 101. The van der Waals surface area contributed by atoms with Crippen molar-refractivity contribution < 1.29 is 0 Å². The lowest BCUT2D eigenvalue weighted by molar-refractivity contribution is 0.227. The predicted octanol–water partition coefficient (Wildman–Crippen LogP) is 2.16. The Balaban J connectivity index is 2.45. The number of nitrogens with two attached hydrogens (primary N) is 1.